The highest BCUT2D eigenvalue weighted by Crippen LogP contribution is 2.33. The van der Waals surface area contributed by atoms with E-state index in [2.05, 4.69) is 35.3 Å². The minimum Gasteiger partial charge on any atom is -0.480 e. The van der Waals surface area contributed by atoms with Gasteiger partial charge in [-0.25, -0.2) is 14.5 Å². The molecule has 0 spiro atoms. The molecule has 0 N–H and O–H groups in total. The largest absolute Gasteiger partial charge is 0.480 e. The molecule has 0 aromatic carbocycles. The standard InChI is InChI=1S/C19H21N9O2/c1-29-18-14(10-21-19(23-18)30-2)15-9-16(17-20-4-8-28(17)24-15)26-6-3-13(11-26)12-27-7-5-22-25-27/h4-5,7-10,13H,3,6,11-12H2,1-2H3. The molecular formula is C19H21N9O2. The topological polar surface area (TPSA) is 108 Å². The Morgan fingerprint density at radius 2 is 2.07 bits per heavy atom. The minimum absolute atomic E-state index is 0.245. The molecule has 1 unspecified atom stereocenters. The van der Waals surface area contributed by atoms with Crippen LogP contribution in [0, 0.1) is 5.92 Å². The molecule has 1 saturated heterocycles. The van der Waals surface area contributed by atoms with E-state index in [1.165, 1.54) is 7.11 Å². The summed E-state index contributed by atoms with van der Waals surface area (Å²) in [6, 6.07) is 2.27. The average Bonchev–Trinajstić information content (AvgIpc) is 3.54. The van der Waals surface area contributed by atoms with Gasteiger partial charge in [-0.15, -0.1) is 5.10 Å². The molecule has 0 bridgehead atoms. The summed E-state index contributed by atoms with van der Waals surface area (Å²) in [5.41, 5.74) is 3.22. The van der Waals surface area contributed by atoms with Gasteiger partial charge >= 0.3 is 6.01 Å². The molecular weight excluding hydrogens is 386 g/mol. The third-order valence-corrected chi connectivity index (χ3v) is 5.27. The maximum atomic E-state index is 5.45. The molecule has 0 saturated carbocycles. The predicted molar refractivity (Wildman–Crippen MR) is 107 cm³/mol. The van der Waals surface area contributed by atoms with Gasteiger partial charge in [-0.1, -0.05) is 5.21 Å². The van der Waals surface area contributed by atoms with Crippen LogP contribution < -0.4 is 14.4 Å². The van der Waals surface area contributed by atoms with Gasteiger partial charge in [0.2, 0.25) is 5.88 Å². The van der Waals surface area contributed by atoms with Gasteiger partial charge in [0.15, 0.2) is 5.65 Å². The smallest absolute Gasteiger partial charge is 0.319 e. The highest BCUT2D eigenvalue weighted by atomic mass is 16.5. The normalized spacial score (nSPS) is 16.3. The summed E-state index contributed by atoms with van der Waals surface area (Å²) in [5, 5.41) is 12.7. The van der Waals surface area contributed by atoms with Crippen molar-refractivity contribution in [1.29, 1.82) is 0 Å². The summed E-state index contributed by atoms with van der Waals surface area (Å²) < 4.78 is 14.2. The number of hydrogen-bond acceptors (Lipinski definition) is 9. The van der Waals surface area contributed by atoms with Crippen molar-refractivity contribution in [3.8, 4) is 23.1 Å². The summed E-state index contributed by atoms with van der Waals surface area (Å²) >= 11 is 0. The van der Waals surface area contributed by atoms with Crippen molar-refractivity contribution in [3.63, 3.8) is 0 Å². The zero-order chi connectivity index (χ0) is 20.5. The Labute approximate surface area is 172 Å². The fraction of sp³-hybridized carbons (Fsp3) is 0.368. The molecule has 154 valence electrons. The Morgan fingerprint density at radius 3 is 2.87 bits per heavy atom. The van der Waals surface area contributed by atoms with Crippen LogP contribution in [-0.2, 0) is 6.54 Å². The molecule has 1 aliphatic rings. The van der Waals surface area contributed by atoms with Gasteiger partial charge in [0.1, 0.15) is 5.69 Å². The first-order valence-corrected chi connectivity index (χ1v) is 9.64. The van der Waals surface area contributed by atoms with Gasteiger partial charge in [0.25, 0.3) is 0 Å². The second-order valence-electron chi connectivity index (χ2n) is 7.12. The van der Waals surface area contributed by atoms with E-state index in [1.807, 2.05) is 23.1 Å². The van der Waals surface area contributed by atoms with E-state index in [0.29, 0.717) is 23.1 Å². The Hall–Kier alpha value is -3.76. The minimum atomic E-state index is 0.245. The van der Waals surface area contributed by atoms with Crippen molar-refractivity contribution < 1.29 is 9.47 Å². The Kier molecular flexibility index (Phi) is 4.62. The van der Waals surface area contributed by atoms with Gasteiger partial charge in [0.05, 0.1) is 31.7 Å². The quantitative estimate of drug-likeness (QED) is 0.467. The molecule has 0 amide bonds. The van der Waals surface area contributed by atoms with E-state index in [4.69, 9.17) is 9.47 Å². The van der Waals surface area contributed by atoms with E-state index in [-0.39, 0.29) is 6.01 Å². The summed E-state index contributed by atoms with van der Waals surface area (Å²) in [4.78, 5) is 15.4. The molecule has 11 nitrogen and oxygen atoms in total. The average molecular weight is 407 g/mol. The number of hydrogen-bond donors (Lipinski definition) is 0. The van der Waals surface area contributed by atoms with E-state index in [1.54, 1.807) is 30.2 Å². The van der Waals surface area contributed by atoms with Crippen LogP contribution in [0.5, 0.6) is 11.9 Å². The highest BCUT2D eigenvalue weighted by molar-refractivity contribution is 5.76. The number of rotatable bonds is 6. The maximum absolute atomic E-state index is 5.45. The van der Waals surface area contributed by atoms with Crippen molar-refractivity contribution in [2.75, 3.05) is 32.2 Å². The van der Waals surface area contributed by atoms with Crippen LogP contribution in [0.1, 0.15) is 6.42 Å². The molecule has 30 heavy (non-hydrogen) atoms. The number of fused-ring (bicyclic) bond motifs is 1. The second-order valence-corrected chi connectivity index (χ2v) is 7.12. The lowest BCUT2D eigenvalue weighted by Crippen LogP contribution is -2.22. The lowest BCUT2D eigenvalue weighted by molar-refractivity contribution is 0.353. The molecule has 1 fully saturated rings. The van der Waals surface area contributed by atoms with Gasteiger partial charge in [-0.3, -0.25) is 4.68 Å². The fourth-order valence-corrected chi connectivity index (χ4v) is 3.84. The van der Waals surface area contributed by atoms with Crippen molar-refractivity contribution >= 4 is 11.3 Å². The van der Waals surface area contributed by atoms with Crippen LogP contribution in [-0.4, -0.2) is 66.9 Å². The first-order chi connectivity index (χ1) is 14.7. The van der Waals surface area contributed by atoms with Gasteiger partial charge < -0.3 is 14.4 Å². The van der Waals surface area contributed by atoms with Crippen LogP contribution >= 0.6 is 0 Å². The van der Waals surface area contributed by atoms with Crippen LogP contribution in [0.4, 0.5) is 5.69 Å². The van der Waals surface area contributed by atoms with Crippen molar-refractivity contribution in [2.24, 2.45) is 5.92 Å². The predicted octanol–water partition coefficient (Wildman–Crippen LogP) is 1.32. The third kappa shape index (κ3) is 3.27. The molecule has 4 aromatic heterocycles. The number of nitrogens with zero attached hydrogens (tertiary/aromatic N) is 9. The molecule has 0 radical (unpaired) electrons. The van der Waals surface area contributed by atoms with Crippen LogP contribution in [0.3, 0.4) is 0 Å². The van der Waals surface area contributed by atoms with Crippen LogP contribution in [0.25, 0.3) is 16.9 Å². The number of methoxy groups -OCH3 is 2. The summed E-state index contributed by atoms with van der Waals surface area (Å²) in [5.74, 6) is 0.891. The van der Waals surface area contributed by atoms with E-state index in [9.17, 15) is 0 Å². The van der Waals surface area contributed by atoms with Crippen molar-refractivity contribution in [2.45, 2.75) is 13.0 Å². The Balaban J connectivity index is 1.50. The molecule has 4 aromatic rings. The fourth-order valence-electron chi connectivity index (χ4n) is 3.84. The molecule has 11 heteroatoms. The molecule has 5 rings (SSSR count). The number of imidazole rings is 1. The molecule has 1 aliphatic heterocycles. The van der Waals surface area contributed by atoms with E-state index < -0.39 is 0 Å². The first kappa shape index (κ1) is 18.3. The van der Waals surface area contributed by atoms with Gasteiger partial charge in [0, 0.05) is 44.4 Å². The maximum Gasteiger partial charge on any atom is 0.319 e. The lowest BCUT2D eigenvalue weighted by Gasteiger charge is -2.20. The zero-order valence-electron chi connectivity index (χ0n) is 16.7. The van der Waals surface area contributed by atoms with Gasteiger partial charge in [-0.05, 0) is 18.4 Å². The number of ether oxygens (including phenoxy) is 2. The first-order valence-electron chi connectivity index (χ1n) is 9.64. The molecule has 1 atom stereocenters. The van der Waals surface area contributed by atoms with Gasteiger partial charge in [-0.2, -0.15) is 10.1 Å². The summed E-state index contributed by atoms with van der Waals surface area (Å²) in [6.07, 6.45) is 9.93. The monoisotopic (exact) mass is 407 g/mol. The molecule has 0 aliphatic carbocycles. The van der Waals surface area contributed by atoms with E-state index in [0.717, 1.165) is 37.4 Å². The number of aromatic nitrogens is 8. The summed E-state index contributed by atoms with van der Waals surface area (Å²) in [6.45, 7) is 2.68. The second kappa shape index (κ2) is 7.58. The highest BCUT2D eigenvalue weighted by Gasteiger charge is 2.26. The Morgan fingerprint density at radius 1 is 1.13 bits per heavy atom. The van der Waals surface area contributed by atoms with Crippen LogP contribution in [0.15, 0.2) is 37.1 Å². The van der Waals surface area contributed by atoms with Crippen molar-refractivity contribution in [1.82, 2.24) is 39.6 Å². The number of anilines is 1. The molecule has 5 heterocycles. The summed E-state index contributed by atoms with van der Waals surface area (Å²) in [7, 11) is 3.09. The lowest BCUT2D eigenvalue weighted by atomic mass is 10.1. The zero-order valence-corrected chi connectivity index (χ0v) is 16.7. The SMILES string of the molecule is COc1ncc(-c2cc(N3CCC(Cn4ccnn4)C3)c3nccn3n2)c(OC)n1. The van der Waals surface area contributed by atoms with E-state index >= 15 is 0 Å². The van der Waals surface area contributed by atoms with Crippen molar-refractivity contribution in [3.05, 3.63) is 37.1 Å². The van der Waals surface area contributed by atoms with Crippen LogP contribution in [0.2, 0.25) is 0 Å². The Bertz CT molecular complexity index is 1160. The third-order valence-electron chi connectivity index (χ3n) is 5.27.